The van der Waals surface area contributed by atoms with Gasteiger partial charge in [-0.1, -0.05) is 11.6 Å². The molecule has 0 bridgehead atoms. The Labute approximate surface area is 186 Å². The van der Waals surface area contributed by atoms with Crippen LogP contribution >= 0.6 is 27.5 Å². The maximum absolute atomic E-state index is 12.5. The summed E-state index contributed by atoms with van der Waals surface area (Å²) < 4.78 is 28.8. The molecule has 3 N–H and O–H groups in total. The lowest BCUT2D eigenvalue weighted by molar-refractivity contribution is 0.102. The van der Waals surface area contributed by atoms with E-state index in [0.29, 0.717) is 37.8 Å². The van der Waals surface area contributed by atoms with Gasteiger partial charge in [0.05, 0.1) is 21.0 Å². The molecule has 0 aliphatic rings. The Morgan fingerprint density at radius 3 is 2.40 bits per heavy atom. The second kappa shape index (κ2) is 8.85. The van der Waals surface area contributed by atoms with Gasteiger partial charge in [0.2, 0.25) is 10.0 Å². The molecule has 0 unspecified atom stereocenters. The lowest BCUT2D eigenvalue weighted by atomic mass is 10.2. The van der Waals surface area contributed by atoms with E-state index >= 15 is 0 Å². The maximum Gasteiger partial charge on any atom is 0.255 e. The number of carbonyl (C=O) groups excluding carboxylic acids is 1. The average molecular weight is 507 g/mol. The number of nitrogens with one attached hydrogen (secondary N) is 1. The van der Waals surface area contributed by atoms with Crippen LogP contribution in [0.1, 0.15) is 15.9 Å². The molecule has 152 valence electrons. The highest BCUT2D eigenvalue weighted by Crippen LogP contribution is 2.32. The SMILES string of the molecule is N#Cc1cc(Cl)cc(Oc2ccc(C(=O)Nc3ccc(S(N)(=O)=O)cc3)cc2Br)c1. The van der Waals surface area contributed by atoms with Crippen molar-refractivity contribution in [1.29, 1.82) is 5.26 Å². The molecule has 0 aliphatic carbocycles. The van der Waals surface area contributed by atoms with Crippen molar-refractivity contribution in [3.63, 3.8) is 0 Å². The molecule has 3 rings (SSSR count). The molecule has 0 saturated heterocycles. The van der Waals surface area contributed by atoms with E-state index in [9.17, 15) is 13.2 Å². The number of benzene rings is 3. The van der Waals surface area contributed by atoms with Gasteiger partial charge in [0.25, 0.3) is 5.91 Å². The van der Waals surface area contributed by atoms with Crippen LogP contribution in [0, 0.1) is 11.3 Å². The lowest BCUT2D eigenvalue weighted by Crippen LogP contribution is -2.14. The minimum absolute atomic E-state index is 0.0506. The first-order chi connectivity index (χ1) is 14.2. The zero-order valence-corrected chi connectivity index (χ0v) is 18.3. The quantitative estimate of drug-likeness (QED) is 0.521. The number of nitrogens with two attached hydrogens (primary N) is 1. The van der Waals surface area contributed by atoms with Crippen LogP contribution < -0.4 is 15.2 Å². The van der Waals surface area contributed by atoms with Crippen LogP contribution in [0.15, 0.2) is 70.0 Å². The van der Waals surface area contributed by atoms with E-state index in [2.05, 4.69) is 21.2 Å². The first-order valence-electron chi connectivity index (χ1n) is 8.28. The van der Waals surface area contributed by atoms with Gasteiger partial charge in [-0.25, -0.2) is 13.6 Å². The van der Waals surface area contributed by atoms with Gasteiger partial charge in [-0.15, -0.1) is 0 Å². The van der Waals surface area contributed by atoms with Gasteiger partial charge in [-0.3, -0.25) is 4.79 Å². The molecule has 0 aliphatic heterocycles. The summed E-state index contributed by atoms with van der Waals surface area (Å²) in [6, 6.07) is 16.8. The molecule has 10 heteroatoms. The third-order valence-electron chi connectivity index (χ3n) is 3.86. The van der Waals surface area contributed by atoms with Crippen LogP contribution in [0.4, 0.5) is 5.69 Å². The van der Waals surface area contributed by atoms with Crippen molar-refractivity contribution < 1.29 is 17.9 Å². The van der Waals surface area contributed by atoms with E-state index < -0.39 is 15.9 Å². The van der Waals surface area contributed by atoms with Crippen molar-refractivity contribution in [1.82, 2.24) is 0 Å². The van der Waals surface area contributed by atoms with Gasteiger partial charge in [0, 0.05) is 16.3 Å². The van der Waals surface area contributed by atoms with Crippen molar-refractivity contribution in [3.05, 3.63) is 81.3 Å². The highest BCUT2D eigenvalue weighted by Gasteiger charge is 2.12. The topological polar surface area (TPSA) is 122 Å². The summed E-state index contributed by atoms with van der Waals surface area (Å²) in [7, 11) is -3.80. The normalized spacial score (nSPS) is 10.9. The summed E-state index contributed by atoms with van der Waals surface area (Å²) in [6.07, 6.45) is 0. The van der Waals surface area contributed by atoms with Crippen LogP contribution in [-0.2, 0) is 10.0 Å². The Bertz CT molecular complexity index is 1270. The van der Waals surface area contributed by atoms with Gasteiger partial charge in [0.15, 0.2) is 0 Å². The predicted molar refractivity (Wildman–Crippen MR) is 116 cm³/mol. The highest BCUT2D eigenvalue weighted by atomic mass is 79.9. The van der Waals surface area contributed by atoms with E-state index in [4.69, 9.17) is 26.7 Å². The van der Waals surface area contributed by atoms with Gasteiger partial charge < -0.3 is 10.1 Å². The van der Waals surface area contributed by atoms with E-state index in [1.165, 1.54) is 30.3 Å². The molecule has 0 aromatic heterocycles. The van der Waals surface area contributed by atoms with Crippen LogP contribution in [0.25, 0.3) is 0 Å². The molecule has 0 atom stereocenters. The van der Waals surface area contributed by atoms with E-state index in [0.717, 1.165) is 0 Å². The fourth-order valence-corrected chi connectivity index (χ4v) is 3.67. The minimum atomic E-state index is -3.80. The fourth-order valence-electron chi connectivity index (χ4n) is 2.47. The van der Waals surface area contributed by atoms with Crippen molar-refractivity contribution in [2.45, 2.75) is 4.90 Å². The molecule has 0 saturated carbocycles. The molecule has 7 nitrogen and oxygen atoms in total. The summed E-state index contributed by atoms with van der Waals surface area (Å²) in [5.41, 5.74) is 1.11. The molecule has 30 heavy (non-hydrogen) atoms. The van der Waals surface area contributed by atoms with Gasteiger partial charge in [-0.05, 0) is 76.6 Å². The second-order valence-electron chi connectivity index (χ2n) is 6.06. The van der Waals surface area contributed by atoms with Crippen molar-refractivity contribution >= 4 is 49.1 Å². The number of carbonyl (C=O) groups is 1. The average Bonchev–Trinajstić information content (AvgIpc) is 2.68. The maximum atomic E-state index is 12.5. The highest BCUT2D eigenvalue weighted by molar-refractivity contribution is 9.10. The fraction of sp³-hybridized carbons (Fsp3) is 0. The largest absolute Gasteiger partial charge is 0.456 e. The standard InChI is InChI=1S/C20H13BrClN3O4S/c21-18-9-13(20(26)25-15-2-4-17(5-3-15)30(24,27)28)1-6-19(18)29-16-8-12(11-23)7-14(22)10-16/h1-10H,(H,25,26)(H2,24,27,28). The molecule has 1 amide bonds. The third-order valence-corrected chi connectivity index (χ3v) is 5.63. The number of sulfonamides is 1. The summed E-state index contributed by atoms with van der Waals surface area (Å²) in [4.78, 5) is 12.4. The first-order valence-corrected chi connectivity index (χ1v) is 11.0. The molecular formula is C20H13BrClN3O4S. The Kier molecular flexibility index (Phi) is 6.43. The van der Waals surface area contributed by atoms with Crippen LogP contribution in [0.2, 0.25) is 5.02 Å². The Hall–Kier alpha value is -2.90. The Morgan fingerprint density at radius 2 is 1.80 bits per heavy atom. The number of rotatable bonds is 5. The Morgan fingerprint density at radius 1 is 1.10 bits per heavy atom. The number of nitrogens with zero attached hydrogens (tertiary/aromatic N) is 1. The number of nitriles is 1. The first kappa shape index (κ1) is 21.8. The van der Waals surface area contributed by atoms with Crippen LogP contribution in [-0.4, -0.2) is 14.3 Å². The number of anilines is 1. The number of amides is 1. The molecule has 0 fully saturated rings. The summed E-state index contributed by atoms with van der Waals surface area (Å²) in [5, 5.41) is 17.1. The number of halogens is 2. The van der Waals surface area contributed by atoms with Crippen molar-refractivity contribution in [2.75, 3.05) is 5.32 Å². The van der Waals surface area contributed by atoms with E-state index in [1.54, 1.807) is 30.3 Å². The van der Waals surface area contributed by atoms with E-state index in [1.807, 2.05) is 6.07 Å². The van der Waals surface area contributed by atoms with Crippen molar-refractivity contribution in [3.8, 4) is 17.6 Å². The zero-order chi connectivity index (χ0) is 21.9. The lowest BCUT2D eigenvalue weighted by Gasteiger charge is -2.11. The van der Waals surface area contributed by atoms with Crippen LogP contribution in [0.3, 0.4) is 0 Å². The summed E-state index contributed by atoms with van der Waals surface area (Å²) >= 11 is 9.34. The predicted octanol–water partition coefficient (Wildman–Crippen LogP) is 4.67. The third kappa shape index (κ3) is 5.37. The Balaban J connectivity index is 1.75. The van der Waals surface area contributed by atoms with Gasteiger partial charge in [0.1, 0.15) is 11.5 Å². The summed E-state index contributed by atoms with van der Waals surface area (Å²) in [5.74, 6) is 0.405. The van der Waals surface area contributed by atoms with Gasteiger partial charge >= 0.3 is 0 Å². The smallest absolute Gasteiger partial charge is 0.255 e. The van der Waals surface area contributed by atoms with E-state index in [-0.39, 0.29) is 4.90 Å². The number of hydrogen-bond donors (Lipinski definition) is 2. The number of ether oxygens (including phenoxy) is 1. The molecule has 3 aromatic carbocycles. The van der Waals surface area contributed by atoms with Crippen molar-refractivity contribution in [2.24, 2.45) is 5.14 Å². The minimum Gasteiger partial charge on any atom is -0.456 e. The second-order valence-corrected chi connectivity index (χ2v) is 8.91. The number of hydrogen-bond acceptors (Lipinski definition) is 5. The molecule has 3 aromatic rings. The molecule has 0 heterocycles. The summed E-state index contributed by atoms with van der Waals surface area (Å²) in [6.45, 7) is 0. The van der Waals surface area contributed by atoms with Gasteiger partial charge in [-0.2, -0.15) is 5.26 Å². The molecule has 0 spiro atoms. The zero-order valence-electron chi connectivity index (χ0n) is 15.1. The monoisotopic (exact) mass is 505 g/mol. The molecular weight excluding hydrogens is 494 g/mol. The molecule has 0 radical (unpaired) electrons. The number of primary sulfonamides is 1. The van der Waals surface area contributed by atoms with Crippen LogP contribution in [0.5, 0.6) is 11.5 Å².